The van der Waals surface area contributed by atoms with Crippen molar-refractivity contribution < 1.29 is 60.0 Å². The van der Waals surface area contributed by atoms with Gasteiger partial charge < -0.3 is 50.0 Å². The maximum Gasteiger partial charge on any atom is 0.282 e. The number of benzene rings is 1. The molecule has 2 aliphatic heterocycles. The monoisotopic (exact) mass is 526 g/mol. The number of hydroxylamine groups is 2. The van der Waals surface area contributed by atoms with Crippen LogP contribution < -0.4 is 4.74 Å². The van der Waals surface area contributed by atoms with Crippen LogP contribution in [0.4, 0.5) is 0 Å². The van der Waals surface area contributed by atoms with Crippen molar-refractivity contribution in [2.75, 3.05) is 13.2 Å². The second kappa shape index (κ2) is 11.2. The van der Waals surface area contributed by atoms with Crippen molar-refractivity contribution in [1.29, 1.82) is 0 Å². The molecule has 37 heavy (non-hydrogen) atoms. The SMILES string of the molecule is Cc1ccc(-c2ccc(O[C@]3(O)[C@H](O[C@@H]4O[C@H](CO)[C@H](O)[C@H](O)[C@H]4O)[C@@H](CO)ON(O)[C@@H]3O)cn2)cc1. The third-order valence-corrected chi connectivity index (χ3v) is 6.24. The Bertz CT molecular complexity index is 1030. The highest BCUT2D eigenvalue weighted by Gasteiger charge is 2.60. The van der Waals surface area contributed by atoms with Crippen LogP contribution in [0, 0.1) is 6.92 Å². The van der Waals surface area contributed by atoms with Crippen LogP contribution in [0.2, 0.25) is 0 Å². The first-order chi connectivity index (χ1) is 17.6. The molecular formula is C23H30N2O12. The smallest absolute Gasteiger partial charge is 0.282 e. The van der Waals surface area contributed by atoms with Crippen LogP contribution in [0.5, 0.6) is 5.75 Å². The standard InChI is InChI=1S/C23H30N2O12/c1-11-2-4-12(5-3-11)14-7-6-13(8-24-14)36-23(32)20(16(10-27)37-25(33)22(23)31)35-21-19(30)18(29)17(28)15(9-26)34-21/h2-8,15-22,26-33H,9-10H2,1H3/t15-,16-,17+,18+,19-,20-,21+,22-,23-/m1/s1. The van der Waals surface area contributed by atoms with Gasteiger partial charge in [-0.3, -0.25) is 15.0 Å². The topological polar surface area (TPSA) is 215 Å². The summed E-state index contributed by atoms with van der Waals surface area (Å²) in [5.41, 5.74) is 2.46. The van der Waals surface area contributed by atoms with E-state index in [4.69, 9.17) is 19.0 Å². The first-order valence-corrected chi connectivity index (χ1v) is 11.4. The third-order valence-electron chi connectivity index (χ3n) is 6.24. The molecule has 2 aliphatic rings. The Morgan fingerprint density at radius 3 is 2.22 bits per heavy atom. The highest BCUT2D eigenvalue weighted by atomic mass is 16.9. The van der Waals surface area contributed by atoms with E-state index in [1.165, 1.54) is 12.3 Å². The quantitative estimate of drug-likeness (QED) is 0.177. The van der Waals surface area contributed by atoms with E-state index in [2.05, 4.69) is 4.98 Å². The zero-order valence-electron chi connectivity index (χ0n) is 19.7. The average molecular weight is 526 g/mol. The summed E-state index contributed by atoms with van der Waals surface area (Å²) in [7, 11) is 0. The van der Waals surface area contributed by atoms with E-state index in [0.717, 1.165) is 11.1 Å². The van der Waals surface area contributed by atoms with Gasteiger partial charge in [0.25, 0.3) is 5.79 Å². The largest absolute Gasteiger partial charge is 0.453 e. The average Bonchev–Trinajstić information content (AvgIpc) is 2.90. The van der Waals surface area contributed by atoms with Crippen LogP contribution in [0.25, 0.3) is 11.3 Å². The van der Waals surface area contributed by atoms with E-state index in [1.54, 1.807) is 6.07 Å². The highest BCUT2D eigenvalue weighted by Crippen LogP contribution is 2.36. The summed E-state index contributed by atoms with van der Waals surface area (Å²) < 4.78 is 16.5. The van der Waals surface area contributed by atoms with Crippen LogP contribution in [-0.2, 0) is 14.3 Å². The molecule has 8 N–H and O–H groups in total. The summed E-state index contributed by atoms with van der Waals surface area (Å²) >= 11 is 0. The molecule has 0 amide bonds. The molecule has 0 saturated carbocycles. The number of aliphatic hydroxyl groups is 7. The zero-order valence-corrected chi connectivity index (χ0v) is 19.7. The zero-order chi connectivity index (χ0) is 26.9. The Hall–Kier alpha value is -2.31. The summed E-state index contributed by atoms with van der Waals surface area (Å²) in [6.07, 6.45) is -13.0. The summed E-state index contributed by atoms with van der Waals surface area (Å²) in [4.78, 5) is 9.25. The summed E-state index contributed by atoms with van der Waals surface area (Å²) in [6.45, 7) is 0.325. The predicted molar refractivity (Wildman–Crippen MR) is 120 cm³/mol. The lowest BCUT2D eigenvalue weighted by molar-refractivity contribution is -0.511. The van der Waals surface area contributed by atoms with E-state index < -0.39 is 68.1 Å². The lowest BCUT2D eigenvalue weighted by Gasteiger charge is -2.49. The lowest BCUT2D eigenvalue weighted by Crippen LogP contribution is -2.73. The van der Waals surface area contributed by atoms with Crippen molar-refractivity contribution in [3.05, 3.63) is 48.2 Å². The van der Waals surface area contributed by atoms with Crippen molar-refractivity contribution in [2.45, 2.75) is 61.9 Å². The predicted octanol–water partition coefficient (Wildman–Crippen LogP) is -2.37. The number of aryl methyl sites for hydroxylation is 1. The van der Waals surface area contributed by atoms with Gasteiger partial charge in [-0.05, 0) is 24.3 Å². The van der Waals surface area contributed by atoms with Gasteiger partial charge in [0.15, 0.2) is 12.4 Å². The Morgan fingerprint density at radius 1 is 0.946 bits per heavy atom. The number of aliphatic hydroxyl groups excluding tert-OH is 6. The first-order valence-electron chi connectivity index (χ1n) is 11.4. The van der Waals surface area contributed by atoms with Crippen LogP contribution in [-0.4, -0.2) is 119 Å². The molecule has 0 spiro atoms. The van der Waals surface area contributed by atoms with Gasteiger partial charge in [0.05, 0.1) is 25.1 Å². The molecule has 4 rings (SSSR count). The number of pyridine rings is 1. The highest BCUT2D eigenvalue weighted by molar-refractivity contribution is 5.59. The van der Waals surface area contributed by atoms with Gasteiger partial charge in [0.2, 0.25) is 6.23 Å². The number of aromatic nitrogens is 1. The van der Waals surface area contributed by atoms with Gasteiger partial charge in [-0.1, -0.05) is 29.8 Å². The molecule has 0 aliphatic carbocycles. The Balaban J connectivity index is 1.61. The molecule has 0 bridgehead atoms. The van der Waals surface area contributed by atoms with Crippen LogP contribution in [0.1, 0.15) is 5.56 Å². The summed E-state index contributed by atoms with van der Waals surface area (Å²) in [6, 6.07) is 10.6. The molecule has 14 heteroatoms. The lowest BCUT2D eigenvalue weighted by atomic mass is 9.97. The molecule has 0 unspecified atom stereocenters. The van der Waals surface area contributed by atoms with Crippen molar-refractivity contribution in [2.24, 2.45) is 0 Å². The number of nitrogens with zero attached hydrogens (tertiary/aromatic N) is 2. The molecule has 2 aromatic rings. The molecule has 204 valence electrons. The maximum absolute atomic E-state index is 11.4. The van der Waals surface area contributed by atoms with E-state index in [-0.39, 0.29) is 11.0 Å². The summed E-state index contributed by atoms with van der Waals surface area (Å²) in [5, 5.41) is 81.4. The van der Waals surface area contributed by atoms with Gasteiger partial charge in [-0.25, -0.2) is 0 Å². The Labute approximate surface area is 211 Å². The molecule has 9 atom stereocenters. The molecule has 3 heterocycles. The minimum absolute atomic E-state index is 0.0770. The molecule has 2 fully saturated rings. The van der Waals surface area contributed by atoms with E-state index in [1.807, 2.05) is 31.2 Å². The van der Waals surface area contributed by atoms with Crippen LogP contribution in [0.15, 0.2) is 42.6 Å². The second-order valence-corrected chi connectivity index (χ2v) is 8.86. The fourth-order valence-corrected chi connectivity index (χ4v) is 4.10. The minimum Gasteiger partial charge on any atom is -0.453 e. The van der Waals surface area contributed by atoms with Gasteiger partial charge in [-0.15, -0.1) is 0 Å². The summed E-state index contributed by atoms with van der Waals surface area (Å²) in [5.74, 6) is -2.93. The number of rotatable bonds is 7. The molecular weight excluding hydrogens is 496 g/mol. The second-order valence-electron chi connectivity index (χ2n) is 8.86. The third kappa shape index (κ3) is 5.46. The van der Waals surface area contributed by atoms with Crippen molar-refractivity contribution in [3.63, 3.8) is 0 Å². The number of hydrogen-bond donors (Lipinski definition) is 8. The van der Waals surface area contributed by atoms with Gasteiger partial charge in [0, 0.05) is 5.56 Å². The van der Waals surface area contributed by atoms with E-state index in [0.29, 0.717) is 5.69 Å². The van der Waals surface area contributed by atoms with Crippen molar-refractivity contribution >= 4 is 0 Å². The Morgan fingerprint density at radius 2 is 1.62 bits per heavy atom. The van der Waals surface area contributed by atoms with Crippen molar-refractivity contribution in [1.82, 2.24) is 10.2 Å². The van der Waals surface area contributed by atoms with E-state index >= 15 is 0 Å². The van der Waals surface area contributed by atoms with Gasteiger partial charge >= 0.3 is 0 Å². The van der Waals surface area contributed by atoms with Crippen LogP contribution >= 0.6 is 0 Å². The fourth-order valence-electron chi connectivity index (χ4n) is 4.10. The molecule has 1 aromatic carbocycles. The fraction of sp³-hybridized carbons (Fsp3) is 0.522. The molecule has 0 radical (unpaired) electrons. The van der Waals surface area contributed by atoms with Crippen molar-refractivity contribution in [3.8, 4) is 17.0 Å². The maximum atomic E-state index is 11.4. The molecule has 1 aromatic heterocycles. The van der Waals surface area contributed by atoms with E-state index in [9.17, 15) is 41.0 Å². The van der Waals surface area contributed by atoms with Gasteiger partial charge in [-0.2, -0.15) is 0 Å². The molecule has 14 nitrogen and oxygen atoms in total. The first kappa shape index (κ1) is 27.7. The normalized spacial score (nSPS) is 36.9. The number of ether oxygens (including phenoxy) is 3. The number of hydrogen-bond acceptors (Lipinski definition) is 14. The molecule has 2 saturated heterocycles. The Kier molecular flexibility index (Phi) is 8.39. The minimum atomic E-state index is -2.85. The van der Waals surface area contributed by atoms with Crippen LogP contribution in [0.3, 0.4) is 0 Å². The van der Waals surface area contributed by atoms with Gasteiger partial charge in [0.1, 0.15) is 36.3 Å².